The van der Waals surface area contributed by atoms with Gasteiger partial charge in [0.2, 0.25) is 5.95 Å². The van der Waals surface area contributed by atoms with Crippen LogP contribution in [-0.2, 0) is 6.54 Å². The van der Waals surface area contributed by atoms with Crippen LogP contribution in [0.5, 0.6) is 0 Å². The number of benzene rings is 2. The number of nitrogens with one attached hydrogen (secondary N) is 2. The standard InChI is InChI=1S/C25H28N6O3S/c1-13-20(24-30-17-7-2-3-8-19(17)35-24)23(29-18-10-15(12-32)21(33)22(18)34)31-25(28-13)27-11-14-5-4-6-16(26)9-14/h2-9,15,18,21-22,32-34H,10-12,26H2,1H3,(H2,27,28,29,31)/t15-,18-,21-,22+/m1/s1. The van der Waals surface area contributed by atoms with Gasteiger partial charge >= 0.3 is 0 Å². The molecule has 4 aromatic rings. The maximum Gasteiger partial charge on any atom is 0.225 e. The second-order valence-electron chi connectivity index (χ2n) is 8.85. The van der Waals surface area contributed by atoms with Gasteiger partial charge in [0.05, 0.1) is 33.6 Å². The predicted molar refractivity (Wildman–Crippen MR) is 138 cm³/mol. The smallest absolute Gasteiger partial charge is 0.225 e. The summed E-state index contributed by atoms with van der Waals surface area (Å²) in [5, 5.41) is 37.8. The molecule has 1 saturated carbocycles. The lowest BCUT2D eigenvalue weighted by molar-refractivity contribution is 0.00446. The minimum Gasteiger partial charge on any atom is -0.399 e. The molecule has 1 aliphatic rings. The summed E-state index contributed by atoms with van der Waals surface area (Å²) >= 11 is 1.54. The first-order chi connectivity index (χ1) is 16.9. The summed E-state index contributed by atoms with van der Waals surface area (Å²) in [4.78, 5) is 14.2. The number of aryl methyl sites for hydroxylation is 1. The second kappa shape index (κ2) is 9.74. The summed E-state index contributed by atoms with van der Waals surface area (Å²) in [7, 11) is 0. The minimum absolute atomic E-state index is 0.197. The average Bonchev–Trinajstić information content (AvgIpc) is 3.38. The fraction of sp³-hybridized carbons (Fsp3) is 0.320. The lowest BCUT2D eigenvalue weighted by Gasteiger charge is -2.21. The van der Waals surface area contributed by atoms with Crippen molar-refractivity contribution >= 4 is 39.0 Å². The van der Waals surface area contributed by atoms with E-state index < -0.39 is 24.2 Å². The van der Waals surface area contributed by atoms with Crippen molar-refractivity contribution in [2.75, 3.05) is 23.0 Å². The first-order valence-corrected chi connectivity index (χ1v) is 12.3. The number of nitrogens with two attached hydrogens (primary N) is 1. The number of thiazole rings is 1. The van der Waals surface area contributed by atoms with E-state index in [1.807, 2.05) is 55.5 Å². The van der Waals surface area contributed by atoms with Crippen LogP contribution < -0.4 is 16.4 Å². The number of aliphatic hydroxyl groups is 3. The number of fused-ring (bicyclic) bond motifs is 1. The molecule has 0 spiro atoms. The molecule has 9 nitrogen and oxygen atoms in total. The van der Waals surface area contributed by atoms with E-state index >= 15 is 0 Å². The molecule has 2 aromatic carbocycles. The number of aliphatic hydroxyl groups excluding tert-OH is 3. The van der Waals surface area contributed by atoms with Crippen LogP contribution in [0.15, 0.2) is 48.5 Å². The van der Waals surface area contributed by atoms with E-state index in [2.05, 4.69) is 15.6 Å². The maximum absolute atomic E-state index is 10.6. The number of nitrogen functional groups attached to an aromatic ring is 1. The Kier molecular flexibility index (Phi) is 6.52. The van der Waals surface area contributed by atoms with Crippen molar-refractivity contribution < 1.29 is 15.3 Å². The molecule has 0 bridgehead atoms. The number of nitrogens with zero attached hydrogens (tertiary/aromatic N) is 3. The third kappa shape index (κ3) is 4.78. The van der Waals surface area contributed by atoms with E-state index in [0.717, 1.165) is 32.0 Å². The van der Waals surface area contributed by atoms with Gasteiger partial charge in [-0.1, -0.05) is 24.3 Å². The maximum atomic E-state index is 10.6. The molecular formula is C25H28N6O3S. The SMILES string of the molecule is Cc1nc(NCc2cccc(N)c2)nc(N[C@@H]2C[C@H](CO)[C@@H](O)[C@H]2O)c1-c1nc2ccccc2s1. The molecule has 7 N–H and O–H groups in total. The Morgan fingerprint density at radius 3 is 2.63 bits per heavy atom. The first kappa shape index (κ1) is 23.4. The van der Waals surface area contributed by atoms with Crippen molar-refractivity contribution in [1.29, 1.82) is 0 Å². The average molecular weight is 493 g/mol. The minimum atomic E-state index is -1.03. The summed E-state index contributed by atoms with van der Waals surface area (Å²) in [6, 6.07) is 15.0. The number of hydrogen-bond acceptors (Lipinski definition) is 10. The first-order valence-electron chi connectivity index (χ1n) is 11.5. The monoisotopic (exact) mass is 492 g/mol. The number of aromatic nitrogens is 3. The van der Waals surface area contributed by atoms with Crippen molar-refractivity contribution in [3.63, 3.8) is 0 Å². The topological polar surface area (TPSA) is 149 Å². The van der Waals surface area contributed by atoms with E-state index in [-0.39, 0.29) is 6.61 Å². The highest BCUT2D eigenvalue weighted by atomic mass is 32.1. The number of para-hydroxylation sites is 1. The fourth-order valence-corrected chi connectivity index (χ4v) is 5.56. The summed E-state index contributed by atoms with van der Waals surface area (Å²) in [5.41, 5.74) is 9.93. The molecular weight excluding hydrogens is 464 g/mol. The van der Waals surface area contributed by atoms with Crippen LogP contribution in [0, 0.1) is 12.8 Å². The van der Waals surface area contributed by atoms with Gasteiger partial charge in [0, 0.05) is 24.8 Å². The van der Waals surface area contributed by atoms with E-state index in [9.17, 15) is 15.3 Å². The summed E-state index contributed by atoms with van der Waals surface area (Å²) < 4.78 is 1.05. The summed E-state index contributed by atoms with van der Waals surface area (Å²) in [6.45, 7) is 2.19. The Labute approximate surface area is 206 Å². The molecule has 35 heavy (non-hydrogen) atoms. The quantitative estimate of drug-likeness (QED) is 0.214. The van der Waals surface area contributed by atoms with Crippen LogP contribution in [0.1, 0.15) is 17.7 Å². The van der Waals surface area contributed by atoms with Gasteiger partial charge in [-0.3, -0.25) is 0 Å². The zero-order chi connectivity index (χ0) is 24.5. The Balaban J connectivity index is 1.51. The van der Waals surface area contributed by atoms with Crippen LogP contribution in [0.2, 0.25) is 0 Å². The number of hydrogen-bond donors (Lipinski definition) is 6. The number of anilines is 3. The van der Waals surface area contributed by atoms with Gasteiger partial charge in [0.1, 0.15) is 16.9 Å². The molecule has 4 atom stereocenters. The Hall–Kier alpha value is -3.31. The highest BCUT2D eigenvalue weighted by Gasteiger charge is 2.41. The zero-order valence-electron chi connectivity index (χ0n) is 19.2. The molecule has 0 amide bonds. The third-order valence-electron chi connectivity index (χ3n) is 6.36. The Morgan fingerprint density at radius 1 is 1.06 bits per heavy atom. The lowest BCUT2D eigenvalue weighted by atomic mass is 10.1. The molecule has 5 rings (SSSR count). The third-order valence-corrected chi connectivity index (χ3v) is 7.41. The number of rotatable bonds is 7. The molecule has 2 aromatic heterocycles. The van der Waals surface area contributed by atoms with E-state index in [0.29, 0.717) is 30.4 Å². The summed E-state index contributed by atoms with van der Waals surface area (Å²) in [6.07, 6.45) is -1.63. The van der Waals surface area contributed by atoms with Crippen LogP contribution in [0.25, 0.3) is 20.8 Å². The van der Waals surface area contributed by atoms with Crippen LogP contribution in [-0.4, -0.2) is 55.1 Å². The van der Waals surface area contributed by atoms with Crippen molar-refractivity contribution in [3.8, 4) is 10.6 Å². The van der Waals surface area contributed by atoms with Crippen molar-refractivity contribution in [2.24, 2.45) is 5.92 Å². The molecule has 182 valence electrons. The Bertz CT molecular complexity index is 1310. The van der Waals surface area contributed by atoms with Gasteiger partial charge in [-0.05, 0) is 43.2 Å². The second-order valence-corrected chi connectivity index (χ2v) is 9.88. The summed E-state index contributed by atoms with van der Waals surface area (Å²) in [5.74, 6) is 0.531. The van der Waals surface area contributed by atoms with E-state index in [1.165, 1.54) is 0 Å². The normalized spacial score (nSPS) is 21.9. The highest BCUT2D eigenvalue weighted by molar-refractivity contribution is 7.21. The van der Waals surface area contributed by atoms with Gasteiger partial charge in [0.25, 0.3) is 0 Å². The van der Waals surface area contributed by atoms with Gasteiger partial charge in [-0.25, -0.2) is 9.97 Å². The van der Waals surface area contributed by atoms with Crippen molar-refractivity contribution in [2.45, 2.75) is 38.1 Å². The van der Waals surface area contributed by atoms with Gasteiger partial charge < -0.3 is 31.7 Å². The van der Waals surface area contributed by atoms with Crippen LogP contribution >= 0.6 is 11.3 Å². The van der Waals surface area contributed by atoms with Crippen LogP contribution in [0.4, 0.5) is 17.5 Å². The fourth-order valence-electron chi connectivity index (χ4n) is 4.50. The zero-order valence-corrected chi connectivity index (χ0v) is 20.0. The van der Waals surface area contributed by atoms with Crippen molar-refractivity contribution in [1.82, 2.24) is 15.0 Å². The van der Waals surface area contributed by atoms with Gasteiger partial charge in [0.15, 0.2) is 0 Å². The lowest BCUT2D eigenvalue weighted by Crippen LogP contribution is -2.35. The molecule has 0 radical (unpaired) electrons. The molecule has 10 heteroatoms. The van der Waals surface area contributed by atoms with Crippen LogP contribution in [0.3, 0.4) is 0 Å². The highest BCUT2D eigenvalue weighted by Crippen LogP contribution is 2.38. The van der Waals surface area contributed by atoms with Gasteiger partial charge in [-0.15, -0.1) is 11.3 Å². The van der Waals surface area contributed by atoms with E-state index in [4.69, 9.17) is 15.7 Å². The Morgan fingerprint density at radius 2 is 1.89 bits per heavy atom. The molecule has 0 unspecified atom stereocenters. The molecule has 2 heterocycles. The molecule has 1 fully saturated rings. The molecule has 0 saturated heterocycles. The molecule has 1 aliphatic carbocycles. The molecule has 0 aliphatic heterocycles. The van der Waals surface area contributed by atoms with Crippen molar-refractivity contribution in [3.05, 3.63) is 59.8 Å². The predicted octanol–water partition coefficient (Wildman–Crippen LogP) is 2.77. The van der Waals surface area contributed by atoms with E-state index in [1.54, 1.807) is 11.3 Å². The largest absolute Gasteiger partial charge is 0.399 e. The van der Waals surface area contributed by atoms with Gasteiger partial charge in [-0.2, -0.15) is 4.98 Å².